The van der Waals surface area contributed by atoms with Crippen LogP contribution in [0.2, 0.25) is 0 Å². The van der Waals surface area contributed by atoms with Crippen LogP contribution in [0.3, 0.4) is 0 Å². The van der Waals surface area contributed by atoms with Crippen LogP contribution in [0.4, 0.5) is 17.5 Å². The van der Waals surface area contributed by atoms with Crippen molar-refractivity contribution in [2.45, 2.75) is 52.5 Å². The lowest BCUT2D eigenvalue weighted by Gasteiger charge is -2.32. The van der Waals surface area contributed by atoms with Crippen LogP contribution in [0.5, 0.6) is 0 Å². The number of hydrogen-bond donors (Lipinski definition) is 1. The van der Waals surface area contributed by atoms with Crippen LogP contribution in [-0.4, -0.2) is 32.6 Å². The average molecular weight is 469 g/mol. The molecule has 0 aliphatic carbocycles. The third-order valence-electron chi connectivity index (χ3n) is 5.88. The first kappa shape index (κ1) is 20.8. The Morgan fingerprint density at radius 1 is 1.10 bits per heavy atom. The molecule has 1 saturated heterocycles. The predicted molar refractivity (Wildman–Crippen MR) is 126 cm³/mol. The second kappa shape index (κ2) is 8.76. The van der Waals surface area contributed by atoms with E-state index in [1.54, 1.807) is 0 Å². The van der Waals surface area contributed by atoms with Crippen molar-refractivity contribution in [1.29, 1.82) is 0 Å². The molecule has 7 heteroatoms. The third kappa shape index (κ3) is 4.51. The predicted octanol–water partition coefficient (Wildman–Crippen LogP) is 5.76. The van der Waals surface area contributed by atoms with Gasteiger partial charge < -0.3 is 14.8 Å². The lowest BCUT2D eigenvalue weighted by atomic mass is 9.95. The van der Waals surface area contributed by atoms with Gasteiger partial charge in [-0.1, -0.05) is 19.9 Å². The number of piperidine rings is 1. The fraction of sp³-hybridized carbons (Fsp3) is 0.435. The molecule has 6 nitrogen and oxygen atoms in total. The maximum Gasteiger partial charge on any atom is 0.227 e. The molecule has 1 aliphatic heterocycles. The van der Waals surface area contributed by atoms with Crippen LogP contribution in [0.25, 0.3) is 0 Å². The Bertz CT molecular complexity index is 1020. The molecule has 2 aromatic heterocycles. The molecule has 0 saturated carbocycles. The average Bonchev–Trinajstić information content (AvgIpc) is 3.16. The van der Waals surface area contributed by atoms with Gasteiger partial charge in [0, 0.05) is 37.2 Å². The summed E-state index contributed by atoms with van der Waals surface area (Å²) in [7, 11) is 0. The van der Waals surface area contributed by atoms with Crippen LogP contribution in [0.15, 0.2) is 41.5 Å². The molecule has 1 aromatic carbocycles. The van der Waals surface area contributed by atoms with Crippen molar-refractivity contribution in [2.75, 3.05) is 23.3 Å². The smallest absolute Gasteiger partial charge is 0.227 e. The summed E-state index contributed by atoms with van der Waals surface area (Å²) in [4.78, 5) is 15.9. The molecule has 0 amide bonds. The Morgan fingerprint density at radius 3 is 2.53 bits per heavy atom. The van der Waals surface area contributed by atoms with Crippen molar-refractivity contribution in [3.8, 4) is 0 Å². The van der Waals surface area contributed by atoms with E-state index >= 15 is 0 Å². The summed E-state index contributed by atoms with van der Waals surface area (Å²) in [5.41, 5.74) is 5.04. The molecular formula is C23H29BrN6. The number of benzene rings is 1. The number of rotatable bonds is 5. The highest BCUT2D eigenvalue weighted by Gasteiger charge is 2.22. The molecule has 0 bridgehead atoms. The van der Waals surface area contributed by atoms with Gasteiger partial charge in [-0.2, -0.15) is 4.98 Å². The first-order valence-electron chi connectivity index (χ1n) is 10.6. The summed E-state index contributed by atoms with van der Waals surface area (Å²) in [6, 6.07) is 6.92. The number of nitrogens with one attached hydrogen (secondary N) is 1. The van der Waals surface area contributed by atoms with E-state index in [1.165, 1.54) is 16.7 Å². The maximum atomic E-state index is 4.81. The quantitative estimate of drug-likeness (QED) is 0.515. The van der Waals surface area contributed by atoms with E-state index in [1.807, 2.05) is 18.6 Å². The number of anilines is 3. The molecule has 3 heterocycles. The molecule has 4 rings (SSSR count). The molecular weight excluding hydrogens is 440 g/mol. The molecule has 30 heavy (non-hydrogen) atoms. The van der Waals surface area contributed by atoms with Gasteiger partial charge in [-0.15, -0.1) is 0 Å². The minimum Gasteiger partial charge on any atom is -0.341 e. The van der Waals surface area contributed by atoms with Crippen LogP contribution in [-0.2, 0) is 0 Å². The van der Waals surface area contributed by atoms with Gasteiger partial charge in [-0.3, -0.25) is 0 Å². The first-order valence-corrected chi connectivity index (χ1v) is 11.3. The number of halogens is 1. The van der Waals surface area contributed by atoms with E-state index in [0.717, 1.165) is 48.0 Å². The van der Waals surface area contributed by atoms with Crippen LogP contribution >= 0.6 is 15.9 Å². The Balaban J connectivity index is 1.47. The Hall–Kier alpha value is -2.41. The fourth-order valence-electron chi connectivity index (χ4n) is 4.21. The van der Waals surface area contributed by atoms with Gasteiger partial charge in [0.2, 0.25) is 5.95 Å². The monoisotopic (exact) mass is 468 g/mol. The van der Waals surface area contributed by atoms with Crippen molar-refractivity contribution in [3.05, 3.63) is 58.2 Å². The zero-order valence-corrected chi connectivity index (χ0v) is 19.6. The highest BCUT2D eigenvalue weighted by molar-refractivity contribution is 9.10. The van der Waals surface area contributed by atoms with E-state index in [4.69, 9.17) is 4.98 Å². The molecule has 0 atom stereocenters. The van der Waals surface area contributed by atoms with Gasteiger partial charge in [0.15, 0.2) is 0 Å². The van der Waals surface area contributed by atoms with E-state index < -0.39 is 0 Å². The van der Waals surface area contributed by atoms with Crippen molar-refractivity contribution >= 4 is 33.4 Å². The summed E-state index contributed by atoms with van der Waals surface area (Å²) < 4.78 is 3.09. The molecule has 0 spiro atoms. The summed E-state index contributed by atoms with van der Waals surface area (Å²) in [5.74, 6) is 2.12. The van der Waals surface area contributed by atoms with Crippen molar-refractivity contribution in [2.24, 2.45) is 0 Å². The minimum atomic E-state index is 0.478. The maximum absolute atomic E-state index is 4.81. The molecule has 1 aliphatic rings. The number of aryl methyl sites for hydroxylation is 2. The molecule has 1 fully saturated rings. The summed E-state index contributed by atoms with van der Waals surface area (Å²) in [6.45, 7) is 10.7. The number of aromatic nitrogens is 4. The van der Waals surface area contributed by atoms with Gasteiger partial charge >= 0.3 is 0 Å². The molecule has 0 unspecified atom stereocenters. The van der Waals surface area contributed by atoms with Crippen LogP contribution in [0.1, 0.15) is 55.3 Å². The Morgan fingerprint density at radius 2 is 1.87 bits per heavy atom. The van der Waals surface area contributed by atoms with Crippen molar-refractivity contribution in [3.63, 3.8) is 0 Å². The number of hydrogen-bond acceptors (Lipinski definition) is 5. The molecule has 158 valence electrons. The van der Waals surface area contributed by atoms with Gasteiger partial charge in [-0.05, 0) is 77.4 Å². The van der Waals surface area contributed by atoms with E-state index in [0.29, 0.717) is 12.0 Å². The largest absolute Gasteiger partial charge is 0.341 e. The lowest BCUT2D eigenvalue weighted by Crippen LogP contribution is -2.35. The second-order valence-corrected chi connectivity index (χ2v) is 9.22. The first-order chi connectivity index (χ1) is 14.4. The van der Waals surface area contributed by atoms with Crippen molar-refractivity contribution in [1.82, 2.24) is 19.5 Å². The van der Waals surface area contributed by atoms with E-state index in [2.05, 4.69) is 86.7 Å². The zero-order chi connectivity index (χ0) is 21.3. The minimum absolute atomic E-state index is 0.478. The fourth-order valence-corrected chi connectivity index (χ4v) is 4.54. The number of imidazole rings is 1. The Kier molecular flexibility index (Phi) is 6.09. The summed E-state index contributed by atoms with van der Waals surface area (Å²) >= 11 is 3.43. The lowest BCUT2D eigenvalue weighted by molar-refractivity contribution is 0.393. The Labute approximate surface area is 186 Å². The van der Waals surface area contributed by atoms with Gasteiger partial charge in [-0.25, -0.2) is 9.97 Å². The molecule has 0 radical (unpaired) electrons. The second-order valence-electron chi connectivity index (χ2n) is 8.41. The number of nitrogens with zero attached hydrogens (tertiary/aromatic N) is 5. The van der Waals surface area contributed by atoms with Gasteiger partial charge in [0.25, 0.3) is 0 Å². The van der Waals surface area contributed by atoms with Gasteiger partial charge in [0.1, 0.15) is 10.4 Å². The topological polar surface area (TPSA) is 58.9 Å². The molecule has 1 N–H and O–H groups in total. The highest BCUT2D eigenvalue weighted by atomic mass is 79.9. The van der Waals surface area contributed by atoms with Crippen LogP contribution in [0, 0.1) is 13.8 Å². The SMILES string of the molecule is Cc1cc(C)c(C(C)C)cc1Nc1ccnc(N2CCC(n3cnc(Br)c3)CC2)n1. The van der Waals surface area contributed by atoms with Gasteiger partial charge in [0.05, 0.1) is 6.33 Å². The highest BCUT2D eigenvalue weighted by Crippen LogP contribution is 2.29. The van der Waals surface area contributed by atoms with E-state index in [9.17, 15) is 0 Å². The molecule has 3 aromatic rings. The van der Waals surface area contributed by atoms with Crippen molar-refractivity contribution < 1.29 is 0 Å². The van der Waals surface area contributed by atoms with Crippen LogP contribution < -0.4 is 10.2 Å². The van der Waals surface area contributed by atoms with E-state index in [-0.39, 0.29) is 0 Å². The normalized spacial score (nSPS) is 15.1. The summed E-state index contributed by atoms with van der Waals surface area (Å²) in [5, 5.41) is 3.52. The summed E-state index contributed by atoms with van der Waals surface area (Å²) in [6.07, 6.45) is 7.91. The zero-order valence-electron chi connectivity index (χ0n) is 18.1. The third-order valence-corrected chi connectivity index (χ3v) is 6.29. The standard InChI is InChI=1S/C23H29BrN6/c1-15(2)19-12-20(17(4)11-16(19)3)27-22-5-8-25-23(28-22)29-9-6-18(7-10-29)30-13-21(24)26-14-30/h5,8,11-15,18H,6-7,9-10H2,1-4H3,(H,25,27,28).